The Morgan fingerprint density at radius 3 is 2.59 bits per heavy atom. The first-order valence-corrected chi connectivity index (χ1v) is 7.35. The van der Waals surface area contributed by atoms with Crippen LogP contribution < -0.4 is 10.5 Å². The van der Waals surface area contributed by atoms with Gasteiger partial charge in [0.1, 0.15) is 5.84 Å². The van der Waals surface area contributed by atoms with Gasteiger partial charge in [-0.25, -0.2) is 8.93 Å². The highest BCUT2D eigenvalue weighted by Crippen LogP contribution is 2.23. The van der Waals surface area contributed by atoms with E-state index in [1.165, 1.54) is 11.3 Å². The Bertz CT molecular complexity index is 434. The van der Waals surface area contributed by atoms with Crippen molar-refractivity contribution < 1.29 is 4.21 Å². The zero-order valence-electron chi connectivity index (χ0n) is 10.5. The fourth-order valence-electron chi connectivity index (χ4n) is 1.12. The van der Waals surface area contributed by atoms with E-state index in [-0.39, 0.29) is 16.6 Å². The molecule has 0 aliphatic carbocycles. The summed E-state index contributed by atoms with van der Waals surface area (Å²) in [7, 11) is -1.10. The standard InChI is InChI=1S/C11H19N3OS2/c1-7(14-17(15)11(2,3)4)9-5-8(6-16-9)10(12)13/h5-7,14H,1-4H3,(H3,12,13)/t7-,17?/m0/s1. The van der Waals surface area contributed by atoms with Crippen LogP contribution in [0, 0.1) is 5.41 Å². The Hall–Kier alpha value is -0.720. The van der Waals surface area contributed by atoms with Gasteiger partial charge in [0.25, 0.3) is 0 Å². The van der Waals surface area contributed by atoms with Crippen LogP contribution in [0.1, 0.15) is 44.2 Å². The van der Waals surface area contributed by atoms with E-state index < -0.39 is 11.0 Å². The van der Waals surface area contributed by atoms with Crippen molar-refractivity contribution in [1.82, 2.24) is 4.72 Å². The highest BCUT2D eigenvalue weighted by Gasteiger charge is 2.22. The summed E-state index contributed by atoms with van der Waals surface area (Å²) in [6.07, 6.45) is 0. The van der Waals surface area contributed by atoms with Gasteiger partial charge >= 0.3 is 0 Å². The minimum Gasteiger partial charge on any atom is -0.384 e. The molecule has 0 radical (unpaired) electrons. The zero-order chi connectivity index (χ0) is 13.2. The fraction of sp³-hybridized carbons (Fsp3) is 0.545. The van der Waals surface area contributed by atoms with Crippen molar-refractivity contribution in [3.8, 4) is 0 Å². The number of rotatable bonds is 4. The molecule has 0 saturated heterocycles. The van der Waals surface area contributed by atoms with Crippen LogP contribution >= 0.6 is 11.3 Å². The van der Waals surface area contributed by atoms with Gasteiger partial charge in [-0.3, -0.25) is 5.41 Å². The van der Waals surface area contributed by atoms with Gasteiger partial charge in [-0.05, 0) is 33.8 Å². The maximum absolute atomic E-state index is 11.9. The number of amidine groups is 1. The van der Waals surface area contributed by atoms with Crippen molar-refractivity contribution in [2.45, 2.75) is 38.5 Å². The van der Waals surface area contributed by atoms with Crippen LogP contribution in [0.15, 0.2) is 11.4 Å². The molecule has 1 unspecified atom stereocenters. The molecule has 1 aromatic heterocycles. The molecule has 0 saturated carbocycles. The third-order valence-electron chi connectivity index (χ3n) is 2.20. The Morgan fingerprint density at radius 2 is 2.18 bits per heavy atom. The van der Waals surface area contributed by atoms with Gasteiger partial charge in [-0.1, -0.05) is 0 Å². The molecule has 1 rings (SSSR count). The lowest BCUT2D eigenvalue weighted by Crippen LogP contribution is -2.34. The van der Waals surface area contributed by atoms with Crippen LogP contribution in [0.25, 0.3) is 0 Å². The quantitative estimate of drug-likeness (QED) is 0.580. The molecular weight excluding hydrogens is 254 g/mol. The molecule has 17 heavy (non-hydrogen) atoms. The Balaban J connectivity index is 2.73. The van der Waals surface area contributed by atoms with Crippen molar-refractivity contribution in [2.75, 3.05) is 0 Å². The van der Waals surface area contributed by atoms with Crippen LogP contribution in [0.3, 0.4) is 0 Å². The van der Waals surface area contributed by atoms with Gasteiger partial charge in [0, 0.05) is 15.8 Å². The lowest BCUT2D eigenvalue weighted by molar-refractivity contribution is 0.618. The summed E-state index contributed by atoms with van der Waals surface area (Å²) in [5, 5.41) is 9.18. The topological polar surface area (TPSA) is 79.0 Å². The summed E-state index contributed by atoms with van der Waals surface area (Å²) in [5.74, 6) is 0.0663. The van der Waals surface area contributed by atoms with E-state index in [9.17, 15) is 4.21 Å². The molecule has 4 N–H and O–H groups in total. The number of nitrogen functional groups attached to an aromatic ring is 1. The maximum Gasteiger partial charge on any atom is 0.123 e. The summed E-state index contributed by atoms with van der Waals surface area (Å²) in [4.78, 5) is 1.04. The molecular formula is C11H19N3OS2. The summed E-state index contributed by atoms with van der Waals surface area (Å²) in [5.41, 5.74) is 6.13. The van der Waals surface area contributed by atoms with Crippen molar-refractivity contribution in [3.05, 3.63) is 21.9 Å². The van der Waals surface area contributed by atoms with E-state index in [1.807, 2.05) is 39.1 Å². The van der Waals surface area contributed by atoms with Gasteiger partial charge in [-0.2, -0.15) is 0 Å². The average Bonchev–Trinajstić information content (AvgIpc) is 2.64. The number of nitrogens with one attached hydrogen (secondary N) is 2. The first-order chi connectivity index (χ1) is 7.71. The first-order valence-electron chi connectivity index (χ1n) is 5.32. The monoisotopic (exact) mass is 273 g/mol. The van der Waals surface area contributed by atoms with E-state index in [0.29, 0.717) is 0 Å². The molecule has 0 bridgehead atoms. The predicted octanol–water partition coefficient (Wildman–Crippen LogP) is 2.14. The maximum atomic E-state index is 11.9. The Labute approximate surface area is 109 Å². The van der Waals surface area contributed by atoms with Crippen molar-refractivity contribution in [2.24, 2.45) is 5.73 Å². The molecule has 0 fully saturated rings. The molecule has 0 spiro atoms. The van der Waals surface area contributed by atoms with Gasteiger partial charge in [0.15, 0.2) is 0 Å². The van der Waals surface area contributed by atoms with Gasteiger partial charge in [0.05, 0.1) is 21.8 Å². The Morgan fingerprint density at radius 1 is 1.59 bits per heavy atom. The molecule has 2 atom stereocenters. The first kappa shape index (κ1) is 14.3. The van der Waals surface area contributed by atoms with Crippen LogP contribution in [0.4, 0.5) is 0 Å². The van der Waals surface area contributed by atoms with Crippen molar-refractivity contribution in [3.63, 3.8) is 0 Å². The number of thiophene rings is 1. The second kappa shape index (κ2) is 5.29. The van der Waals surface area contributed by atoms with E-state index in [2.05, 4.69) is 4.72 Å². The second-order valence-electron chi connectivity index (χ2n) is 4.87. The third kappa shape index (κ3) is 3.90. The van der Waals surface area contributed by atoms with Crippen molar-refractivity contribution >= 4 is 28.2 Å². The number of hydrogen-bond acceptors (Lipinski definition) is 3. The van der Waals surface area contributed by atoms with Crippen LogP contribution in [-0.2, 0) is 11.0 Å². The SMILES string of the molecule is C[C@H](NS(=O)C(C)(C)C)c1cc(C(=N)N)cs1. The molecule has 4 nitrogen and oxygen atoms in total. The molecule has 0 amide bonds. The van der Waals surface area contributed by atoms with E-state index >= 15 is 0 Å². The van der Waals surface area contributed by atoms with Gasteiger partial charge in [0.2, 0.25) is 0 Å². The van der Waals surface area contributed by atoms with E-state index in [1.54, 1.807) is 0 Å². The lowest BCUT2D eigenvalue weighted by atomic mass is 10.2. The minimum atomic E-state index is -1.10. The summed E-state index contributed by atoms with van der Waals surface area (Å²) >= 11 is 1.52. The molecule has 96 valence electrons. The van der Waals surface area contributed by atoms with E-state index in [0.717, 1.165) is 10.4 Å². The average molecular weight is 273 g/mol. The lowest BCUT2D eigenvalue weighted by Gasteiger charge is -2.21. The summed E-state index contributed by atoms with van der Waals surface area (Å²) in [6.45, 7) is 7.74. The Kier molecular flexibility index (Phi) is 4.46. The molecule has 1 heterocycles. The molecule has 6 heteroatoms. The highest BCUT2D eigenvalue weighted by molar-refractivity contribution is 7.84. The zero-order valence-corrected chi connectivity index (χ0v) is 12.2. The van der Waals surface area contributed by atoms with Gasteiger partial charge < -0.3 is 5.73 Å². The number of nitrogens with two attached hydrogens (primary N) is 1. The fourth-order valence-corrected chi connectivity index (χ4v) is 2.91. The molecule has 0 aromatic carbocycles. The minimum absolute atomic E-state index is 0.00633. The molecule has 0 aliphatic heterocycles. The van der Waals surface area contributed by atoms with Gasteiger partial charge in [-0.15, -0.1) is 11.3 Å². The molecule has 0 aliphatic rings. The normalized spacial score (nSPS) is 15.5. The van der Waals surface area contributed by atoms with Crippen LogP contribution in [-0.4, -0.2) is 14.8 Å². The largest absolute Gasteiger partial charge is 0.384 e. The van der Waals surface area contributed by atoms with Crippen LogP contribution in [0.2, 0.25) is 0 Å². The van der Waals surface area contributed by atoms with Crippen LogP contribution in [0.5, 0.6) is 0 Å². The third-order valence-corrected chi connectivity index (χ3v) is 4.99. The smallest absolute Gasteiger partial charge is 0.123 e. The van der Waals surface area contributed by atoms with E-state index in [4.69, 9.17) is 11.1 Å². The number of hydrogen-bond donors (Lipinski definition) is 3. The predicted molar refractivity (Wildman–Crippen MR) is 74.8 cm³/mol. The highest BCUT2D eigenvalue weighted by atomic mass is 32.2. The van der Waals surface area contributed by atoms with Crippen molar-refractivity contribution in [1.29, 1.82) is 5.41 Å². The second-order valence-corrected chi connectivity index (χ2v) is 7.81. The summed E-state index contributed by atoms with van der Waals surface area (Å²) < 4.78 is 14.7. The summed E-state index contributed by atoms with van der Waals surface area (Å²) in [6, 6.07) is 1.86. The molecule has 1 aromatic rings.